The highest BCUT2D eigenvalue weighted by Crippen LogP contribution is 2.26. The summed E-state index contributed by atoms with van der Waals surface area (Å²) in [6.07, 6.45) is -3.31. The van der Waals surface area contributed by atoms with E-state index in [9.17, 15) is 22.4 Å². The van der Waals surface area contributed by atoms with E-state index in [1.807, 2.05) is 19.0 Å². The second kappa shape index (κ2) is 7.51. The third-order valence-corrected chi connectivity index (χ3v) is 3.77. The molecule has 10 heteroatoms. The first-order chi connectivity index (χ1) is 11.6. The summed E-state index contributed by atoms with van der Waals surface area (Å²) in [6, 6.07) is 0. The number of carbonyl (C=O) groups excluding carboxylic acids is 1. The summed E-state index contributed by atoms with van der Waals surface area (Å²) >= 11 is 0. The van der Waals surface area contributed by atoms with Gasteiger partial charge in [-0.3, -0.25) is 4.79 Å². The van der Waals surface area contributed by atoms with E-state index in [4.69, 9.17) is 0 Å². The van der Waals surface area contributed by atoms with Crippen LogP contribution >= 0.6 is 0 Å². The predicted molar refractivity (Wildman–Crippen MR) is 82.0 cm³/mol. The smallest absolute Gasteiger partial charge is 0.330 e. The van der Waals surface area contributed by atoms with Gasteiger partial charge in [-0.25, -0.2) is 18.7 Å². The van der Waals surface area contributed by atoms with Gasteiger partial charge < -0.3 is 14.5 Å². The van der Waals surface area contributed by atoms with E-state index in [1.54, 1.807) is 6.92 Å². The number of amides is 1. The van der Waals surface area contributed by atoms with Crippen molar-refractivity contribution in [2.24, 2.45) is 0 Å². The number of alkyl halides is 4. The molecule has 2 heterocycles. The van der Waals surface area contributed by atoms with Crippen molar-refractivity contribution in [1.82, 2.24) is 14.9 Å². The Balaban J connectivity index is 1.99. The molecule has 6 nitrogen and oxygen atoms in total. The number of hydrogen-bond acceptors (Lipinski definition) is 5. The predicted octanol–water partition coefficient (Wildman–Crippen LogP) is 1.65. The van der Waals surface area contributed by atoms with E-state index in [2.05, 4.69) is 14.7 Å². The number of carbonyl (C=O) groups is 1. The molecule has 0 saturated heterocycles. The molecule has 25 heavy (non-hydrogen) atoms. The second-order valence-electron chi connectivity index (χ2n) is 6.03. The van der Waals surface area contributed by atoms with E-state index in [0.29, 0.717) is 24.5 Å². The fraction of sp³-hybridized carbons (Fsp3) is 0.667. The van der Waals surface area contributed by atoms with E-state index in [1.165, 1.54) is 4.90 Å². The second-order valence-corrected chi connectivity index (χ2v) is 6.03. The van der Waals surface area contributed by atoms with Gasteiger partial charge in [0.1, 0.15) is 24.9 Å². The Hall–Kier alpha value is -1.97. The highest BCUT2D eigenvalue weighted by atomic mass is 19.3. The van der Waals surface area contributed by atoms with Gasteiger partial charge in [0.2, 0.25) is 5.91 Å². The Kier molecular flexibility index (Phi) is 5.81. The molecule has 0 N–H and O–H groups in total. The highest BCUT2D eigenvalue weighted by Gasteiger charge is 2.41. The molecule has 0 fully saturated rings. The molecule has 0 radical (unpaired) electrons. The van der Waals surface area contributed by atoms with Crippen LogP contribution < -0.4 is 4.90 Å². The average Bonchev–Trinajstić information content (AvgIpc) is 2.52. The maximum atomic E-state index is 12.8. The monoisotopic (exact) mass is 364 g/mol. The van der Waals surface area contributed by atoms with Crippen molar-refractivity contribution in [3.8, 4) is 0 Å². The van der Waals surface area contributed by atoms with Crippen molar-refractivity contribution in [1.29, 1.82) is 0 Å². The first kappa shape index (κ1) is 19.4. The van der Waals surface area contributed by atoms with Crippen LogP contribution in [0.3, 0.4) is 0 Å². The lowest BCUT2D eigenvalue weighted by molar-refractivity contribution is -0.171. The van der Waals surface area contributed by atoms with Gasteiger partial charge >= 0.3 is 12.3 Å². The molecule has 1 aromatic rings. The summed E-state index contributed by atoms with van der Waals surface area (Å²) in [5, 5.41) is 0. The molecule has 2 rings (SSSR count). The molecule has 1 aliphatic heterocycles. The lowest BCUT2D eigenvalue weighted by Gasteiger charge is -2.30. The van der Waals surface area contributed by atoms with Gasteiger partial charge in [0, 0.05) is 26.2 Å². The van der Waals surface area contributed by atoms with E-state index in [0.717, 1.165) is 11.4 Å². The summed E-state index contributed by atoms with van der Waals surface area (Å²) in [6.45, 7) is 0.124. The molecule has 1 amide bonds. The van der Waals surface area contributed by atoms with Gasteiger partial charge in [-0.05, 0) is 13.3 Å². The SMILES string of the molecule is Cc1nc2c(c(N(C)C)n1)CCN(C(=O)COCC(F)(F)C(F)F)C2. The minimum atomic E-state index is -4.26. The summed E-state index contributed by atoms with van der Waals surface area (Å²) in [5.41, 5.74) is 1.62. The average molecular weight is 364 g/mol. The van der Waals surface area contributed by atoms with Gasteiger partial charge in [0.25, 0.3) is 0 Å². The van der Waals surface area contributed by atoms with Crippen molar-refractivity contribution >= 4 is 11.7 Å². The molecule has 0 aliphatic carbocycles. The van der Waals surface area contributed by atoms with Gasteiger partial charge in [0.15, 0.2) is 0 Å². The summed E-state index contributed by atoms with van der Waals surface area (Å²) < 4.78 is 54.2. The van der Waals surface area contributed by atoms with E-state index < -0.39 is 31.5 Å². The summed E-state index contributed by atoms with van der Waals surface area (Å²) in [5.74, 6) is -3.47. The Morgan fingerprint density at radius 1 is 1.36 bits per heavy atom. The number of aromatic nitrogens is 2. The summed E-state index contributed by atoms with van der Waals surface area (Å²) in [4.78, 5) is 24.1. The third kappa shape index (κ3) is 4.56. The van der Waals surface area contributed by atoms with Crippen LogP contribution in [0.25, 0.3) is 0 Å². The number of fused-ring (bicyclic) bond motifs is 1. The number of aryl methyl sites for hydroxylation is 1. The normalized spacial score (nSPS) is 14.6. The third-order valence-electron chi connectivity index (χ3n) is 3.77. The lowest BCUT2D eigenvalue weighted by atomic mass is 10.0. The summed E-state index contributed by atoms with van der Waals surface area (Å²) in [7, 11) is 3.72. The maximum absolute atomic E-state index is 12.8. The Morgan fingerprint density at radius 3 is 2.64 bits per heavy atom. The van der Waals surface area contributed by atoms with Crippen LogP contribution in [0.5, 0.6) is 0 Å². The number of anilines is 1. The Bertz CT molecular complexity index is 640. The topological polar surface area (TPSA) is 58.6 Å². The van der Waals surface area contributed by atoms with Gasteiger partial charge in [0.05, 0.1) is 12.2 Å². The molecular formula is C15H20F4N4O2. The van der Waals surface area contributed by atoms with Crippen LogP contribution in [0.4, 0.5) is 23.4 Å². The standard InChI is InChI=1S/C15H20F4N4O2/c1-9-20-11-6-23(5-4-10(11)13(21-9)22(2)3)12(24)7-25-8-15(18,19)14(16)17/h14H,4-8H2,1-3H3. The molecule has 1 aromatic heterocycles. The molecule has 1 aliphatic rings. The number of rotatable bonds is 6. The molecule has 140 valence electrons. The molecular weight excluding hydrogens is 344 g/mol. The van der Waals surface area contributed by atoms with Gasteiger partial charge in [-0.1, -0.05) is 0 Å². The highest BCUT2D eigenvalue weighted by molar-refractivity contribution is 5.77. The maximum Gasteiger partial charge on any atom is 0.330 e. The van der Waals surface area contributed by atoms with Crippen molar-refractivity contribution < 1.29 is 27.1 Å². The van der Waals surface area contributed by atoms with Crippen LogP contribution in [-0.2, 0) is 22.5 Å². The van der Waals surface area contributed by atoms with E-state index in [-0.39, 0.29) is 6.54 Å². The van der Waals surface area contributed by atoms with Crippen molar-refractivity contribution in [3.63, 3.8) is 0 Å². The van der Waals surface area contributed by atoms with Crippen molar-refractivity contribution in [2.75, 3.05) is 38.8 Å². The fourth-order valence-electron chi connectivity index (χ4n) is 2.54. The number of hydrogen-bond donors (Lipinski definition) is 0. The first-order valence-electron chi connectivity index (χ1n) is 7.67. The Morgan fingerprint density at radius 2 is 2.04 bits per heavy atom. The fourth-order valence-corrected chi connectivity index (χ4v) is 2.54. The number of nitrogens with zero attached hydrogens (tertiary/aromatic N) is 4. The zero-order valence-corrected chi connectivity index (χ0v) is 14.2. The molecule has 0 saturated carbocycles. The minimum absolute atomic E-state index is 0.201. The molecule has 0 aromatic carbocycles. The van der Waals surface area contributed by atoms with Crippen LogP contribution in [-0.4, -0.2) is 67.0 Å². The number of halogens is 4. The zero-order valence-electron chi connectivity index (χ0n) is 14.2. The molecule has 0 spiro atoms. The van der Waals surface area contributed by atoms with Crippen LogP contribution in [0.2, 0.25) is 0 Å². The largest absolute Gasteiger partial charge is 0.365 e. The minimum Gasteiger partial charge on any atom is -0.365 e. The van der Waals surface area contributed by atoms with Crippen molar-refractivity contribution in [2.45, 2.75) is 32.2 Å². The quantitative estimate of drug-likeness (QED) is 0.719. The van der Waals surface area contributed by atoms with Crippen LogP contribution in [0.15, 0.2) is 0 Å². The molecule has 0 unspecified atom stereocenters. The van der Waals surface area contributed by atoms with Crippen LogP contribution in [0.1, 0.15) is 17.1 Å². The Labute approximate surface area is 142 Å². The first-order valence-corrected chi connectivity index (χ1v) is 7.67. The van der Waals surface area contributed by atoms with Crippen LogP contribution in [0, 0.1) is 6.92 Å². The molecule has 0 bridgehead atoms. The lowest BCUT2D eigenvalue weighted by Crippen LogP contribution is -2.40. The van der Waals surface area contributed by atoms with Gasteiger partial charge in [-0.2, -0.15) is 8.78 Å². The van der Waals surface area contributed by atoms with Gasteiger partial charge in [-0.15, -0.1) is 0 Å². The number of ether oxygens (including phenoxy) is 1. The zero-order chi connectivity index (χ0) is 18.8. The van der Waals surface area contributed by atoms with Crippen molar-refractivity contribution in [3.05, 3.63) is 17.1 Å². The van der Waals surface area contributed by atoms with E-state index >= 15 is 0 Å². The molecule has 0 atom stereocenters.